The van der Waals surface area contributed by atoms with E-state index >= 15 is 0 Å². The molecule has 17 heavy (non-hydrogen) atoms. The van der Waals surface area contributed by atoms with Crippen LogP contribution in [0.1, 0.15) is 17.0 Å². The van der Waals surface area contributed by atoms with E-state index in [-0.39, 0.29) is 0 Å². The van der Waals surface area contributed by atoms with Gasteiger partial charge >= 0.3 is 0 Å². The van der Waals surface area contributed by atoms with Crippen molar-refractivity contribution in [1.29, 1.82) is 0 Å². The predicted molar refractivity (Wildman–Crippen MR) is 71.2 cm³/mol. The van der Waals surface area contributed by atoms with Crippen LogP contribution in [0.2, 0.25) is 0 Å². The minimum Gasteiger partial charge on any atom is -0.399 e. The first-order valence-electron chi connectivity index (χ1n) is 5.41. The van der Waals surface area contributed by atoms with E-state index in [9.17, 15) is 0 Å². The zero-order valence-electron chi connectivity index (χ0n) is 10.2. The number of aromatic nitrogens is 2. The van der Waals surface area contributed by atoms with Gasteiger partial charge in [0.25, 0.3) is 0 Å². The monoisotopic (exact) mass is 245 g/mol. The molecule has 0 fully saturated rings. The molecule has 0 saturated heterocycles. The molecule has 2 aromatic rings. The molecular weight excluding hydrogens is 230 g/mol. The number of nitrogen functional groups attached to an aromatic ring is 1. The van der Waals surface area contributed by atoms with Crippen LogP contribution in [0.3, 0.4) is 0 Å². The van der Waals surface area contributed by atoms with Gasteiger partial charge in [-0.1, -0.05) is 0 Å². The Hall–Kier alpha value is -1.55. The molecule has 0 saturated carbocycles. The van der Waals surface area contributed by atoms with E-state index in [0.29, 0.717) is 0 Å². The van der Waals surface area contributed by atoms with Gasteiger partial charge in [0, 0.05) is 22.0 Å². The van der Waals surface area contributed by atoms with Crippen LogP contribution < -0.4 is 5.73 Å². The molecule has 88 valence electrons. The normalized spacial score (nSPS) is 10.5. The molecule has 0 aliphatic rings. The highest BCUT2D eigenvalue weighted by molar-refractivity contribution is 7.99. The fourth-order valence-electron chi connectivity index (χ4n) is 1.62. The summed E-state index contributed by atoms with van der Waals surface area (Å²) in [4.78, 5) is 9.97. The van der Waals surface area contributed by atoms with E-state index in [1.165, 1.54) is 0 Å². The molecule has 1 aromatic heterocycles. The van der Waals surface area contributed by atoms with E-state index in [1.54, 1.807) is 11.8 Å². The number of anilines is 1. The fourth-order valence-corrected chi connectivity index (χ4v) is 2.56. The van der Waals surface area contributed by atoms with Crippen molar-refractivity contribution in [2.75, 3.05) is 5.73 Å². The number of hydrogen-bond donors (Lipinski definition) is 1. The average Bonchev–Trinajstić information content (AvgIpc) is 2.21. The Bertz CT molecular complexity index is 532. The van der Waals surface area contributed by atoms with Crippen molar-refractivity contribution >= 4 is 17.4 Å². The molecule has 1 heterocycles. The highest BCUT2D eigenvalue weighted by atomic mass is 32.2. The first-order chi connectivity index (χ1) is 8.04. The van der Waals surface area contributed by atoms with Crippen LogP contribution in [0, 0.1) is 20.8 Å². The van der Waals surface area contributed by atoms with Gasteiger partial charge in [-0.15, -0.1) is 0 Å². The molecule has 1 aromatic carbocycles. The molecule has 3 nitrogen and oxygen atoms in total. The lowest BCUT2D eigenvalue weighted by atomic mass is 10.2. The van der Waals surface area contributed by atoms with Crippen molar-refractivity contribution in [1.82, 2.24) is 9.97 Å². The molecule has 0 atom stereocenters. The van der Waals surface area contributed by atoms with Gasteiger partial charge in [0.05, 0.1) is 0 Å². The zero-order chi connectivity index (χ0) is 12.4. The third-order valence-corrected chi connectivity index (χ3v) is 3.41. The van der Waals surface area contributed by atoms with Gasteiger partial charge in [-0.25, -0.2) is 9.97 Å². The summed E-state index contributed by atoms with van der Waals surface area (Å²) in [5, 5.41) is 0.787. The molecule has 0 bridgehead atoms. The molecule has 0 aliphatic heterocycles. The molecule has 4 heteroatoms. The minimum atomic E-state index is 0.785. The third kappa shape index (κ3) is 2.97. The van der Waals surface area contributed by atoms with Crippen LogP contribution in [0.25, 0.3) is 0 Å². The number of hydrogen-bond acceptors (Lipinski definition) is 4. The first-order valence-corrected chi connectivity index (χ1v) is 6.22. The lowest BCUT2D eigenvalue weighted by Gasteiger charge is -2.06. The molecule has 0 spiro atoms. The van der Waals surface area contributed by atoms with Crippen molar-refractivity contribution in [3.05, 3.63) is 41.2 Å². The maximum absolute atomic E-state index is 5.73. The zero-order valence-corrected chi connectivity index (χ0v) is 11.0. The molecule has 0 radical (unpaired) electrons. The Morgan fingerprint density at radius 1 is 1.00 bits per heavy atom. The number of rotatable bonds is 2. The summed E-state index contributed by atoms with van der Waals surface area (Å²) in [6.45, 7) is 6.00. The summed E-state index contributed by atoms with van der Waals surface area (Å²) in [5.41, 5.74) is 9.65. The van der Waals surface area contributed by atoms with Crippen molar-refractivity contribution in [3.8, 4) is 0 Å². The van der Waals surface area contributed by atoms with Gasteiger partial charge in [-0.05, 0) is 62.4 Å². The Morgan fingerprint density at radius 3 is 2.24 bits per heavy atom. The quantitative estimate of drug-likeness (QED) is 0.652. The molecule has 0 unspecified atom stereocenters. The van der Waals surface area contributed by atoms with E-state index in [2.05, 4.69) is 9.97 Å². The minimum absolute atomic E-state index is 0.785. The molecular formula is C13H15N3S. The Kier molecular flexibility index (Phi) is 3.33. The largest absolute Gasteiger partial charge is 0.399 e. The Balaban J connectivity index is 2.31. The van der Waals surface area contributed by atoms with E-state index in [0.717, 1.165) is 32.7 Å². The predicted octanol–water partition coefficient (Wildman–Crippen LogP) is 3.14. The topological polar surface area (TPSA) is 51.8 Å². The standard InChI is InChI=1S/C13H15N3S/c1-8-6-11(14)4-5-12(8)17-13-15-9(2)7-10(3)16-13/h4-7H,14H2,1-3H3. The Labute approximate surface area is 105 Å². The average molecular weight is 245 g/mol. The van der Waals surface area contributed by atoms with Gasteiger partial charge in [0.2, 0.25) is 0 Å². The maximum Gasteiger partial charge on any atom is 0.192 e. The van der Waals surface area contributed by atoms with Crippen LogP contribution in [0.5, 0.6) is 0 Å². The maximum atomic E-state index is 5.73. The summed E-state index contributed by atoms with van der Waals surface area (Å²) in [7, 11) is 0. The van der Waals surface area contributed by atoms with Gasteiger partial charge in [-0.2, -0.15) is 0 Å². The number of nitrogens with zero attached hydrogens (tertiary/aromatic N) is 2. The van der Waals surface area contributed by atoms with E-state index in [4.69, 9.17) is 5.73 Å². The second kappa shape index (κ2) is 4.75. The second-order valence-electron chi connectivity index (χ2n) is 4.06. The second-order valence-corrected chi connectivity index (χ2v) is 5.07. The van der Waals surface area contributed by atoms with Crippen LogP contribution in [-0.4, -0.2) is 9.97 Å². The fraction of sp³-hybridized carbons (Fsp3) is 0.231. The SMILES string of the molecule is Cc1cc(C)nc(Sc2ccc(N)cc2C)n1. The van der Waals surface area contributed by atoms with Gasteiger partial charge < -0.3 is 5.73 Å². The molecule has 0 aliphatic carbocycles. The third-order valence-electron chi connectivity index (χ3n) is 2.36. The summed E-state index contributed by atoms with van der Waals surface area (Å²) in [6.07, 6.45) is 0. The highest BCUT2D eigenvalue weighted by Crippen LogP contribution is 2.29. The van der Waals surface area contributed by atoms with Gasteiger partial charge in [-0.3, -0.25) is 0 Å². The molecule has 2 N–H and O–H groups in total. The number of benzene rings is 1. The Morgan fingerprint density at radius 2 is 1.65 bits per heavy atom. The highest BCUT2D eigenvalue weighted by Gasteiger charge is 2.05. The number of nitrogens with two attached hydrogens (primary N) is 1. The molecule has 2 rings (SSSR count). The van der Waals surface area contributed by atoms with Crippen LogP contribution in [-0.2, 0) is 0 Å². The summed E-state index contributed by atoms with van der Waals surface area (Å²) in [5.74, 6) is 0. The molecule has 0 amide bonds. The van der Waals surface area contributed by atoms with E-state index in [1.807, 2.05) is 45.0 Å². The van der Waals surface area contributed by atoms with Crippen LogP contribution in [0.15, 0.2) is 34.3 Å². The summed E-state index contributed by atoms with van der Waals surface area (Å²) < 4.78 is 0. The number of aryl methyl sites for hydroxylation is 3. The van der Waals surface area contributed by atoms with Gasteiger partial charge in [0.1, 0.15) is 0 Å². The van der Waals surface area contributed by atoms with Crippen LogP contribution >= 0.6 is 11.8 Å². The van der Waals surface area contributed by atoms with E-state index < -0.39 is 0 Å². The van der Waals surface area contributed by atoms with Crippen molar-refractivity contribution in [2.24, 2.45) is 0 Å². The first kappa shape index (κ1) is 11.9. The summed E-state index contributed by atoms with van der Waals surface area (Å²) in [6, 6.07) is 7.85. The smallest absolute Gasteiger partial charge is 0.192 e. The van der Waals surface area contributed by atoms with Crippen molar-refractivity contribution < 1.29 is 0 Å². The lowest BCUT2D eigenvalue weighted by molar-refractivity contribution is 0.901. The van der Waals surface area contributed by atoms with Crippen LogP contribution in [0.4, 0.5) is 5.69 Å². The van der Waals surface area contributed by atoms with Gasteiger partial charge in [0.15, 0.2) is 5.16 Å². The van der Waals surface area contributed by atoms with Crippen molar-refractivity contribution in [2.45, 2.75) is 30.8 Å². The van der Waals surface area contributed by atoms with Crippen molar-refractivity contribution in [3.63, 3.8) is 0 Å². The lowest BCUT2D eigenvalue weighted by Crippen LogP contribution is -1.93. The summed E-state index contributed by atoms with van der Waals surface area (Å²) >= 11 is 1.57.